The van der Waals surface area contributed by atoms with Gasteiger partial charge in [0.15, 0.2) is 0 Å². The van der Waals surface area contributed by atoms with E-state index in [0.717, 1.165) is 32.4 Å². The van der Waals surface area contributed by atoms with Crippen molar-refractivity contribution in [3.8, 4) is 6.07 Å². The maximum absolute atomic E-state index is 12.1. The average molecular weight is 281 g/mol. The smallest absolute Gasteiger partial charge is 0.225 e. The first-order chi connectivity index (χ1) is 9.36. The van der Waals surface area contributed by atoms with Crippen molar-refractivity contribution >= 4 is 5.91 Å². The molecule has 1 saturated heterocycles. The number of nitrogens with zero attached hydrogens (tertiary/aromatic N) is 2. The lowest BCUT2D eigenvalue weighted by Crippen LogP contribution is -2.52. The Bertz CT molecular complexity index is 357. The number of aliphatic hydroxyl groups is 1. The molecular formula is C15H27N3O2. The highest BCUT2D eigenvalue weighted by Crippen LogP contribution is 2.22. The maximum atomic E-state index is 12.1. The van der Waals surface area contributed by atoms with Crippen molar-refractivity contribution in [1.29, 1.82) is 5.26 Å². The van der Waals surface area contributed by atoms with Gasteiger partial charge in [0, 0.05) is 31.2 Å². The molecule has 0 aromatic rings. The van der Waals surface area contributed by atoms with Crippen LogP contribution < -0.4 is 5.32 Å². The van der Waals surface area contributed by atoms with E-state index in [1.165, 1.54) is 0 Å². The molecule has 0 aromatic carbocycles. The quantitative estimate of drug-likeness (QED) is 0.741. The number of amides is 1. The van der Waals surface area contributed by atoms with Gasteiger partial charge in [0.05, 0.1) is 12.6 Å². The molecule has 1 rings (SSSR count). The maximum Gasteiger partial charge on any atom is 0.225 e. The van der Waals surface area contributed by atoms with E-state index in [-0.39, 0.29) is 18.6 Å². The fraction of sp³-hybridized carbons (Fsp3) is 0.867. The molecule has 0 saturated carbocycles. The highest BCUT2D eigenvalue weighted by atomic mass is 16.2. The number of likely N-dealkylation sites (tertiary alicyclic amines) is 1. The van der Waals surface area contributed by atoms with Gasteiger partial charge < -0.3 is 10.4 Å². The van der Waals surface area contributed by atoms with Crippen molar-refractivity contribution in [2.75, 3.05) is 26.2 Å². The van der Waals surface area contributed by atoms with Crippen LogP contribution in [0.2, 0.25) is 0 Å². The molecule has 1 aliphatic rings. The number of piperidine rings is 1. The number of carbonyl (C=O) groups excluding carboxylic acids is 1. The Kier molecular flexibility index (Phi) is 6.44. The van der Waals surface area contributed by atoms with E-state index in [2.05, 4.69) is 16.3 Å². The van der Waals surface area contributed by atoms with Crippen LogP contribution in [0.3, 0.4) is 0 Å². The molecule has 1 fully saturated rings. The van der Waals surface area contributed by atoms with Crippen molar-refractivity contribution in [3.05, 3.63) is 0 Å². The van der Waals surface area contributed by atoms with Gasteiger partial charge in [0.1, 0.15) is 0 Å². The summed E-state index contributed by atoms with van der Waals surface area (Å²) in [6, 6.07) is 2.29. The van der Waals surface area contributed by atoms with Crippen LogP contribution in [0, 0.1) is 22.7 Å². The van der Waals surface area contributed by atoms with E-state index in [9.17, 15) is 4.79 Å². The molecule has 5 nitrogen and oxygen atoms in total. The molecular weight excluding hydrogens is 254 g/mol. The lowest BCUT2D eigenvalue weighted by atomic mass is 9.89. The minimum absolute atomic E-state index is 0.0576. The predicted molar refractivity (Wildman–Crippen MR) is 77.9 cm³/mol. The van der Waals surface area contributed by atoms with Gasteiger partial charge in [0.2, 0.25) is 5.91 Å². The number of rotatable bonds is 5. The Morgan fingerprint density at radius 1 is 1.45 bits per heavy atom. The minimum Gasteiger partial charge on any atom is -0.396 e. The van der Waals surface area contributed by atoms with Gasteiger partial charge in [-0.2, -0.15) is 5.26 Å². The topological polar surface area (TPSA) is 76.4 Å². The molecule has 0 bridgehead atoms. The SMILES string of the molecule is CC(C)(C)C(=O)NC1CC(CCCO)CN(CC#N)C1. The monoisotopic (exact) mass is 281 g/mol. The molecule has 114 valence electrons. The fourth-order valence-electron chi connectivity index (χ4n) is 2.63. The first kappa shape index (κ1) is 16.9. The van der Waals surface area contributed by atoms with Crippen LogP contribution in [0.5, 0.6) is 0 Å². The third-order valence-electron chi connectivity index (χ3n) is 3.69. The number of nitriles is 1. The largest absolute Gasteiger partial charge is 0.396 e. The summed E-state index contributed by atoms with van der Waals surface area (Å²) in [5.74, 6) is 0.497. The summed E-state index contributed by atoms with van der Waals surface area (Å²) in [7, 11) is 0. The van der Waals surface area contributed by atoms with Crippen molar-refractivity contribution in [2.24, 2.45) is 11.3 Å². The first-order valence-corrected chi connectivity index (χ1v) is 7.38. The van der Waals surface area contributed by atoms with E-state index in [1.807, 2.05) is 20.8 Å². The molecule has 5 heteroatoms. The molecule has 2 atom stereocenters. The average Bonchev–Trinajstić information content (AvgIpc) is 2.35. The Balaban J connectivity index is 2.60. The second kappa shape index (κ2) is 7.61. The Morgan fingerprint density at radius 2 is 2.15 bits per heavy atom. The Morgan fingerprint density at radius 3 is 2.70 bits per heavy atom. The zero-order valence-corrected chi connectivity index (χ0v) is 12.9. The zero-order valence-electron chi connectivity index (χ0n) is 12.9. The second-order valence-corrected chi connectivity index (χ2v) is 6.74. The van der Waals surface area contributed by atoms with Crippen LogP contribution >= 0.6 is 0 Å². The van der Waals surface area contributed by atoms with Crippen LogP contribution in [-0.2, 0) is 4.79 Å². The molecule has 1 heterocycles. The number of hydrogen-bond donors (Lipinski definition) is 2. The van der Waals surface area contributed by atoms with Gasteiger partial charge in [0.25, 0.3) is 0 Å². The van der Waals surface area contributed by atoms with Gasteiger partial charge in [-0.05, 0) is 25.2 Å². The standard InChI is InChI=1S/C15H27N3O2/c1-15(2,3)14(20)17-13-9-12(5-4-8-19)10-18(11-13)7-6-16/h12-13,19H,4-5,7-11H2,1-3H3,(H,17,20). The second-order valence-electron chi connectivity index (χ2n) is 6.74. The van der Waals surface area contributed by atoms with E-state index in [0.29, 0.717) is 12.5 Å². The van der Waals surface area contributed by atoms with Gasteiger partial charge >= 0.3 is 0 Å². The van der Waals surface area contributed by atoms with Gasteiger partial charge in [-0.25, -0.2) is 0 Å². The van der Waals surface area contributed by atoms with Crippen molar-refractivity contribution in [3.63, 3.8) is 0 Å². The summed E-state index contributed by atoms with van der Waals surface area (Å²) < 4.78 is 0. The predicted octanol–water partition coefficient (Wildman–Crippen LogP) is 1.14. The highest BCUT2D eigenvalue weighted by molar-refractivity contribution is 5.81. The zero-order chi connectivity index (χ0) is 15.2. The molecule has 0 spiro atoms. The van der Waals surface area contributed by atoms with E-state index < -0.39 is 5.41 Å². The van der Waals surface area contributed by atoms with Crippen molar-refractivity contribution < 1.29 is 9.90 Å². The summed E-state index contributed by atoms with van der Waals surface area (Å²) in [6.45, 7) is 7.94. The molecule has 0 radical (unpaired) electrons. The third kappa shape index (κ3) is 5.48. The molecule has 2 unspecified atom stereocenters. The van der Waals surface area contributed by atoms with E-state index in [1.54, 1.807) is 0 Å². The number of aliphatic hydroxyl groups excluding tert-OH is 1. The summed E-state index contributed by atoms with van der Waals surface area (Å²) in [6.07, 6.45) is 2.66. The van der Waals surface area contributed by atoms with Gasteiger partial charge in [-0.15, -0.1) is 0 Å². The van der Waals surface area contributed by atoms with Crippen LogP contribution in [0.4, 0.5) is 0 Å². The van der Waals surface area contributed by atoms with Crippen LogP contribution in [0.1, 0.15) is 40.0 Å². The first-order valence-electron chi connectivity index (χ1n) is 7.38. The van der Waals surface area contributed by atoms with E-state index in [4.69, 9.17) is 10.4 Å². The molecule has 20 heavy (non-hydrogen) atoms. The number of carbonyl (C=O) groups is 1. The van der Waals surface area contributed by atoms with Crippen molar-refractivity contribution in [2.45, 2.75) is 46.1 Å². The fourth-order valence-corrected chi connectivity index (χ4v) is 2.63. The van der Waals surface area contributed by atoms with Crippen molar-refractivity contribution in [1.82, 2.24) is 10.2 Å². The van der Waals surface area contributed by atoms with Crippen LogP contribution in [-0.4, -0.2) is 48.2 Å². The molecule has 0 aromatic heterocycles. The lowest BCUT2D eigenvalue weighted by molar-refractivity contribution is -0.129. The Hall–Kier alpha value is -1.12. The highest BCUT2D eigenvalue weighted by Gasteiger charge is 2.30. The van der Waals surface area contributed by atoms with Crippen LogP contribution in [0.25, 0.3) is 0 Å². The molecule has 2 N–H and O–H groups in total. The number of nitrogens with one attached hydrogen (secondary N) is 1. The molecule has 1 aliphatic heterocycles. The van der Waals surface area contributed by atoms with E-state index >= 15 is 0 Å². The molecule has 0 aliphatic carbocycles. The van der Waals surface area contributed by atoms with Gasteiger partial charge in [-0.1, -0.05) is 20.8 Å². The normalized spacial score (nSPS) is 24.1. The number of hydrogen-bond acceptors (Lipinski definition) is 4. The van der Waals surface area contributed by atoms with Crippen LogP contribution in [0.15, 0.2) is 0 Å². The summed E-state index contributed by atoms with van der Waals surface area (Å²) in [5, 5.41) is 20.9. The summed E-state index contributed by atoms with van der Waals surface area (Å²) >= 11 is 0. The molecule has 1 amide bonds. The summed E-state index contributed by atoms with van der Waals surface area (Å²) in [5.41, 5.74) is -0.391. The summed E-state index contributed by atoms with van der Waals surface area (Å²) in [4.78, 5) is 14.2. The van der Waals surface area contributed by atoms with Gasteiger partial charge in [-0.3, -0.25) is 9.69 Å². The Labute approximate surface area is 122 Å². The minimum atomic E-state index is -0.391. The lowest BCUT2D eigenvalue weighted by Gasteiger charge is -2.38. The third-order valence-corrected chi connectivity index (χ3v) is 3.69.